The zero-order chi connectivity index (χ0) is 19.0. The number of nitrogens with one attached hydrogen (secondary N) is 3. The molecular weight excluding hydrogens is 340 g/mol. The van der Waals surface area contributed by atoms with Crippen molar-refractivity contribution < 1.29 is 10.3 Å². The number of hydrogen-bond acceptors (Lipinski definition) is 6. The van der Waals surface area contributed by atoms with E-state index in [1.165, 1.54) is 16.7 Å². The van der Waals surface area contributed by atoms with E-state index in [4.69, 9.17) is 5.21 Å². The highest BCUT2D eigenvalue weighted by Crippen LogP contribution is 2.42. The molecule has 2 heterocycles. The minimum atomic E-state index is -1.08. The molecule has 4 atom stereocenters. The third-order valence-electron chi connectivity index (χ3n) is 5.70. The molecule has 0 saturated heterocycles. The normalized spacial score (nSPS) is 27.2. The van der Waals surface area contributed by atoms with Gasteiger partial charge in [0.1, 0.15) is 0 Å². The monoisotopic (exact) mass is 366 g/mol. The number of nitrogens with zero attached hydrogens (tertiary/aromatic N) is 1. The van der Waals surface area contributed by atoms with Crippen molar-refractivity contribution in [2.45, 2.75) is 45.0 Å². The van der Waals surface area contributed by atoms with Gasteiger partial charge in [-0.25, -0.2) is 0 Å². The molecule has 1 aromatic carbocycles. The first-order chi connectivity index (χ1) is 13.1. The van der Waals surface area contributed by atoms with Crippen molar-refractivity contribution in [3.05, 3.63) is 70.0 Å². The highest BCUT2D eigenvalue weighted by atomic mass is 16.5. The number of hydrogen-bond donors (Lipinski definition) is 5. The Hall–Kier alpha value is -2.41. The number of fused-ring (bicyclic) bond motifs is 2. The van der Waals surface area contributed by atoms with Gasteiger partial charge in [0.15, 0.2) is 6.23 Å². The van der Waals surface area contributed by atoms with Crippen LogP contribution < -0.4 is 16.2 Å². The minimum Gasteiger partial charge on any atom is -0.374 e. The molecule has 27 heavy (non-hydrogen) atoms. The maximum Gasteiger partial charge on any atom is 0.152 e. The van der Waals surface area contributed by atoms with Gasteiger partial charge in [-0.2, -0.15) is 10.6 Å². The molecule has 142 valence electrons. The summed E-state index contributed by atoms with van der Waals surface area (Å²) in [4.78, 5) is 0. The Kier molecular flexibility index (Phi) is 4.86. The molecule has 3 aliphatic rings. The number of aliphatic hydroxyl groups is 1. The number of benzene rings is 1. The van der Waals surface area contributed by atoms with Gasteiger partial charge in [0.05, 0.1) is 12.1 Å². The first-order valence-corrected chi connectivity index (χ1v) is 9.49. The Morgan fingerprint density at radius 3 is 2.74 bits per heavy atom. The molecule has 0 aromatic heterocycles. The maximum atomic E-state index is 9.73. The lowest BCUT2D eigenvalue weighted by Crippen LogP contribution is -2.37. The van der Waals surface area contributed by atoms with Crippen LogP contribution in [0.5, 0.6) is 0 Å². The van der Waals surface area contributed by atoms with E-state index in [-0.39, 0.29) is 18.0 Å². The Labute approximate surface area is 159 Å². The molecule has 2 aliphatic heterocycles. The van der Waals surface area contributed by atoms with E-state index in [1.54, 1.807) is 0 Å². The fourth-order valence-corrected chi connectivity index (χ4v) is 4.31. The van der Waals surface area contributed by atoms with Crippen LogP contribution >= 0.6 is 0 Å². The maximum absolute atomic E-state index is 9.73. The Morgan fingerprint density at radius 2 is 2.04 bits per heavy atom. The molecule has 0 spiro atoms. The lowest BCUT2D eigenvalue weighted by molar-refractivity contribution is 0.000689. The molecule has 0 bridgehead atoms. The van der Waals surface area contributed by atoms with Crippen molar-refractivity contribution in [3.63, 3.8) is 0 Å². The highest BCUT2D eigenvalue weighted by Gasteiger charge is 2.36. The van der Waals surface area contributed by atoms with Gasteiger partial charge in [0, 0.05) is 17.8 Å². The van der Waals surface area contributed by atoms with Crippen LogP contribution in [0, 0.1) is 5.92 Å². The second-order valence-corrected chi connectivity index (χ2v) is 7.32. The van der Waals surface area contributed by atoms with E-state index in [2.05, 4.69) is 41.8 Å². The number of hydrazone groups is 1. The van der Waals surface area contributed by atoms with Gasteiger partial charge < -0.3 is 21.1 Å². The number of dihydropyridines is 1. The summed E-state index contributed by atoms with van der Waals surface area (Å²) in [5, 5.41) is 26.6. The Balaban J connectivity index is 1.71. The largest absolute Gasteiger partial charge is 0.374 e. The summed E-state index contributed by atoms with van der Waals surface area (Å²) in [5.74, 6) is 0.276. The first kappa shape index (κ1) is 18.0. The van der Waals surface area contributed by atoms with Crippen LogP contribution in [-0.2, 0) is 0 Å². The summed E-state index contributed by atoms with van der Waals surface area (Å²) in [6, 6.07) is 8.05. The number of aliphatic hydroxyl groups excluding tert-OH is 1. The van der Waals surface area contributed by atoms with E-state index in [1.807, 2.05) is 36.0 Å². The number of hydroxylamine groups is 1. The van der Waals surface area contributed by atoms with Gasteiger partial charge in [-0.1, -0.05) is 43.7 Å². The number of allylic oxidation sites excluding steroid dienone is 2. The Morgan fingerprint density at radius 1 is 1.26 bits per heavy atom. The quantitative estimate of drug-likeness (QED) is 0.408. The topological polar surface area (TPSA) is 88.9 Å². The van der Waals surface area contributed by atoms with Gasteiger partial charge in [0.2, 0.25) is 0 Å². The van der Waals surface area contributed by atoms with Gasteiger partial charge in [-0.15, -0.1) is 0 Å². The van der Waals surface area contributed by atoms with Crippen molar-refractivity contribution in [1.82, 2.24) is 16.2 Å². The lowest BCUT2D eigenvalue weighted by atomic mass is 9.76. The molecule has 5 N–H and O–H groups in total. The predicted molar refractivity (Wildman–Crippen MR) is 105 cm³/mol. The van der Waals surface area contributed by atoms with Crippen LogP contribution in [0.25, 0.3) is 0 Å². The van der Waals surface area contributed by atoms with Crippen molar-refractivity contribution in [2.75, 3.05) is 0 Å². The fraction of sp³-hybridized carbons (Fsp3) is 0.381. The molecule has 0 fully saturated rings. The van der Waals surface area contributed by atoms with Crippen LogP contribution in [0.4, 0.5) is 0 Å². The van der Waals surface area contributed by atoms with Crippen molar-refractivity contribution >= 4 is 6.21 Å². The average molecular weight is 366 g/mol. The van der Waals surface area contributed by atoms with Crippen LogP contribution in [-0.4, -0.2) is 22.6 Å². The van der Waals surface area contributed by atoms with Gasteiger partial charge in [0.25, 0.3) is 0 Å². The van der Waals surface area contributed by atoms with Crippen molar-refractivity contribution in [1.29, 1.82) is 0 Å². The van der Waals surface area contributed by atoms with Gasteiger partial charge >= 0.3 is 0 Å². The SMILES string of the molecule is CCCC1=C(C)C2=C(C=CC3NN=CC23)NC1c1ccc(C(O)NO)cc1. The molecule has 4 rings (SSSR count). The predicted octanol–water partition coefficient (Wildman–Crippen LogP) is 2.81. The summed E-state index contributed by atoms with van der Waals surface area (Å²) >= 11 is 0. The molecular formula is C21H26N4O2. The molecule has 1 aliphatic carbocycles. The van der Waals surface area contributed by atoms with Crippen LogP contribution in [0.3, 0.4) is 0 Å². The molecule has 0 radical (unpaired) electrons. The zero-order valence-electron chi connectivity index (χ0n) is 15.6. The van der Waals surface area contributed by atoms with E-state index in [0.717, 1.165) is 24.1 Å². The minimum absolute atomic E-state index is 0.101. The molecule has 0 amide bonds. The second kappa shape index (κ2) is 7.31. The Bertz CT molecular complexity index is 838. The summed E-state index contributed by atoms with van der Waals surface area (Å²) in [6.45, 7) is 4.43. The average Bonchev–Trinajstić information content (AvgIpc) is 3.18. The molecule has 6 heteroatoms. The first-order valence-electron chi connectivity index (χ1n) is 9.49. The summed E-state index contributed by atoms with van der Waals surface area (Å²) in [6.07, 6.45) is 7.36. The smallest absolute Gasteiger partial charge is 0.152 e. The van der Waals surface area contributed by atoms with Crippen molar-refractivity contribution in [2.24, 2.45) is 11.0 Å². The third kappa shape index (κ3) is 3.10. The van der Waals surface area contributed by atoms with Gasteiger partial charge in [-0.05, 0) is 47.3 Å². The fourth-order valence-electron chi connectivity index (χ4n) is 4.31. The summed E-state index contributed by atoms with van der Waals surface area (Å²) in [5.41, 5.74) is 12.1. The van der Waals surface area contributed by atoms with Crippen LogP contribution in [0.15, 0.2) is 63.9 Å². The van der Waals surface area contributed by atoms with E-state index < -0.39 is 6.23 Å². The van der Waals surface area contributed by atoms with Crippen LogP contribution in [0.2, 0.25) is 0 Å². The van der Waals surface area contributed by atoms with Gasteiger partial charge in [-0.3, -0.25) is 0 Å². The second-order valence-electron chi connectivity index (χ2n) is 7.32. The molecule has 6 nitrogen and oxygen atoms in total. The van der Waals surface area contributed by atoms with E-state index in [9.17, 15) is 5.11 Å². The number of rotatable bonds is 5. The standard InChI is InChI=1S/C21H26N4O2/c1-3-4-15-12(2)19-16-11-22-24-17(16)9-10-18(19)23-20(15)13-5-7-14(8-6-13)21(26)25-27/h5-11,16-17,20-21,23-27H,3-4H2,1-2H3. The highest BCUT2D eigenvalue weighted by molar-refractivity contribution is 5.74. The zero-order valence-corrected chi connectivity index (χ0v) is 15.6. The lowest BCUT2D eigenvalue weighted by Gasteiger charge is -2.37. The molecule has 4 unspecified atom stereocenters. The van der Waals surface area contributed by atoms with Crippen LogP contribution in [0.1, 0.15) is 50.1 Å². The van der Waals surface area contributed by atoms with Crippen molar-refractivity contribution in [3.8, 4) is 0 Å². The molecule has 1 aromatic rings. The van der Waals surface area contributed by atoms with E-state index in [0.29, 0.717) is 5.56 Å². The van der Waals surface area contributed by atoms with E-state index >= 15 is 0 Å². The summed E-state index contributed by atoms with van der Waals surface area (Å²) in [7, 11) is 0. The molecule has 0 saturated carbocycles. The third-order valence-corrected chi connectivity index (χ3v) is 5.70. The summed E-state index contributed by atoms with van der Waals surface area (Å²) < 4.78 is 0.